The van der Waals surface area contributed by atoms with Crippen molar-refractivity contribution in [2.45, 2.75) is 13.5 Å². The third kappa shape index (κ3) is 3.85. The molecule has 1 amide bonds. The van der Waals surface area contributed by atoms with Crippen molar-refractivity contribution >= 4 is 18.1 Å². The number of aromatic carboxylic acids is 1. The molecule has 5 heteroatoms. The lowest BCUT2D eigenvalue weighted by atomic mass is 10.1. The second kappa shape index (κ2) is 7.26. The summed E-state index contributed by atoms with van der Waals surface area (Å²) in [5, 5.41) is 8.87. The molecule has 0 aliphatic rings. The summed E-state index contributed by atoms with van der Waals surface area (Å²) in [5.41, 5.74) is 1.83. The highest BCUT2D eigenvalue weighted by Gasteiger charge is 2.08. The molecule has 2 rings (SSSR count). The third-order valence-corrected chi connectivity index (χ3v) is 3.16. The summed E-state index contributed by atoms with van der Waals surface area (Å²) in [6.07, 6.45) is 0.751. The highest BCUT2D eigenvalue weighted by atomic mass is 16.5. The van der Waals surface area contributed by atoms with E-state index in [9.17, 15) is 9.59 Å². The van der Waals surface area contributed by atoms with Gasteiger partial charge in [-0.2, -0.15) is 0 Å². The van der Waals surface area contributed by atoms with Crippen molar-refractivity contribution in [3.8, 4) is 5.75 Å². The fourth-order valence-corrected chi connectivity index (χ4v) is 2.04. The van der Waals surface area contributed by atoms with E-state index in [1.807, 2.05) is 31.2 Å². The third-order valence-electron chi connectivity index (χ3n) is 3.16. The number of benzene rings is 2. The predicted octanol–water partition coefficient (Wildman–Crippen LogP) is 2.95. The molecule has 114 valence electrons. The number of hydrogen-bond donors (Lipinski definition) is 1. The molecule has 0 fully saturated rings. The number of carboxylic acids is 1. The number of carbonyl (C=O) groups excluding carboxylic acids is 1. The first kappa shape index (κ1) is 15.6. The fraction of sp³-hybridized carbons (Fsp3) is 0.176. The summed E-state index contributed by atoms with van der Waals surface area (Å²) >= 11 is 0. The summed E-state index contributed by atoms with van der Waals surface area (Å²) in [5.74, 6) is -0.215. The molecule has 5 nitrogen and oxygen atoms in total. The molecule has 0 radical (unpaired) electrons. The smallest absolute Gasteiger partial charge is 0.335 e. The summed E-state index contributed by atoms with van der Waals surface area (Å²) in [4.78, 5) is 23.7. The first-order valence-corrected chi connectivity index (χ1v) is 6.91. The molecule has 0 atom stereocenters. The summed E-state index contributed by atoms with van der Waals surface area (Å²) < 4.78 is 5.37. The molecule has 2 aromatic carbocycles. The Hall–Kier alpha value is -2.82. The number of carboxylic acid groups (broad SMARTS) is 1. The highest BCUT2D eigenvalue weighted by molar-refractivity contribution is 5.87. The highest BCUT2D eigenvalue weighted by Crippen LogP contribution is 2.20. The van der Waals surface area contributed by atoms with E-state index in [1.54, 1.807) is 17.0 Å². The first-order valence-electron chi connectivity index (χ1n) is 6.91. The summed E-state index contributed by atoms with van der Waals surface area (Å²) in [7, 11) is 0. The molecule has 0 saturated carbocycles. The van der Waals surface area contributed by atoms with E-state index < -0.39 is 5.97 Å². The lowest BCUT2D eigenvalue weighted by molar-refractivity contribution is -0.107. The van der Waals surface area contributed by atoms with Gasteiger partial charge in [0, 0.05) is 5.69 Å². The van der Waals surface area contributed by atoms with Gasteiger partial charge in [-0.05, 0) is 48.9 Å². The van der Waals surface area contributed by atoms with E-state index in [-0.39, 0.29) is 5.56 Å². The van der Waals surface area contributed by atoms with Crippen LogP contribution in [0, 0.1) is 0 Å². The molecular weight excluding hydrogens is 282 g/mol. The van der Waals surface area contributed by atoms with Gasteiger partial charge in [0.25, 0.3) is 0 Å². The Morgan fingerprint density at radius 3 is 2.27 bits per heavy atom. The van der Waals surface area contributed by atoms with Crippen molar-refractivity contribution in [2.24, 2.45) is 0 Å². The molecule has 2 aromatic rings. The van der Waals surface area contributed by atoms with Crippen LogP contribution in [-0.2, 0) is 11.3 Å². The van der Waals surface area contributed by atoms with Crippen molar-refractivity contribution < 1.29 is 19.4 Å². The van der Waals surface area contributed by atoms with Gasteiger partial charge in [0.2, 0.25) is 6.41 Å². The fourth-order valence-electron chi connectivity index (χ4n) is 2.04. The molecule has 22 heavy (non-hydrogen) atoms. The lowest BCUT2D eigenvalue weighted by Gasteiger charge is -2.18. The molecule has 1 N–H and O–H groups in total. The quantitative estimate of drug-likeness (QED) is 0.798. The van der Waals surface area contributed by atoms with E-state index in [0.29, 0.717) is 13.2 Å². The van der Waals surface area contributed by atoms with Crippen molar-refractivity contribution in [1.29, 1.82) is 0 Å². The second-order valence-electron chi connectivity index (χ2n) is 4.66. The minimum atomic E-state index is -0.967. The van der Waals surface area contributed by atoms with Crippen LogP contribution in [-0.4, -0.2) is 24.1 Å². The van der Waals surface area contributed by atoms with Crippen molar-refractivity contribution in [2.75, 3.05) is 11.5 Å². The molecule has 0 saturated heterocycles. The lowest BCUT2D eigenvalue weighted by Crippen LogP contribution is -2.20. The Bertz CT molecular complexity index is 635. The Morgan fingerprint density at radius 1 is 1.14 bits per heavy atom. The van der Waals surface area contributed by atoms with Gasteiger partial charge in [0.05, 0.1) is 18.7 Å². The second-order valence-corrected chi connectivity index (χ2v) is 4.66. The average molecular weight is 299 g/mol. The van der Waals surface area contributed by atoms with Crippen LogP contribution in [0.15, 0.2) is 48.5 Å². The van der Waals surface area contributed by atoms with Crippen LogP contribution in [0.2, 0.25) is 0 Å². The minimum absolute atomic E-state index is 0.225. The Labute approximate surface area is 128 Å². The van der Waals surface area contributed by atoms with Gasteiger partial charge in [-0.15, -0.1) is 0 Å². The van der Waals surface area contributed by atoms with Crippen LogP contribution in [0.5, 0.6) is 5.75 Å². The standard InChI is InChI=1S/C17H17NO4/c1-2-22-16-9-7-15(8-10-16)18(12-19)11-13-3-5-14(6-4-13)17(20)21/h3-10,12H,2,11H2,1H3,(H,20,21). The Morgan fingerprint density at radius 2 is 1.77 bits per heavy atom. The van der Waals surface area contributed by atoms with Gasteiger partial charge >= 0.3 is 5.97 Å². The van der Waals surface area contributed by atoms with Crippen molar-refractivity contribution in [1.82, 2.24) is 0 Å². The van der Waals surface area contributed by atoms with Gasteiger partial charge in [0.15, 0.2) is 0 Å². The Kier molecular flexibility index (Phi) is 5.14. The summed E-state index contributed by atoms with van der Waals surface area (Å²) in [6, 6.07) is 13.7. The number of ether oxygens (including phenoxy) is 1. The van der Waals surface area contributed by atoms with Crippen LogP contribution >= 0.6 is 0 Å². The number of rotatable bonds is 7. The van der Waals surface area contributed by atoms with Gasteiger partial charge in [0.1, 0.15) is 5.75 Å². The average Bonchev–Trinajstić information content (AvgIpc) is 2.54. The topological polar surface area (TPSA) is 66.8 Å². The normalized spacial score (nSPS) is 10.0. The van der Waals surface area contributed by atoms with E-state index >= 15 is 0 Å². The van der Waals surface area contributed by atoms with Gasteiger partial charge < -0.3 is 14.7 Å². The zero-order valence-corrected chi connectivity index (χ0v) is 12.2. The number of nitrogens with zero attached hydrogens (tertiary/aromatic N) is 1. The monoisotopic (exact) mass is 299 g/mol. The number of hydrogen-bond acceptors (Lipinski definition) is 3. The number of anilines is 1. The van der Waals surface area contributed by atoms with Gasteiger partial charge in [-0.3, -0.25) is 4.79 Å². The molecule has 0 heterocycles. The largest absolute Gasteiger partial charge is 0.494 e. The first-order chi connectivity index (χ1) is 10.6. The SMILES string of the molecule is CCOc1ccc(N(C=O)Cc2ccc(C(=O)O)cc2)cc1. The molecule has 0 unspecified atom stereocenters. The maximum atomic E-state index is 11.3. The molecule has 0 spiro atoms. The van der Waals surface area contributed by atoms with Crippen LogP contribution in [0.25, 0.3) is 0 Å². The van der Waals surface area contributed by atoms with Crippen LogP contribution in [0.3, 0.4) is 0 Å². The van der Waals surface area contributed by atoms with Gasteiger partial charge in [-0.1, -0.05) is 12.1 Å². The molecule has 0 aliphatic carbocycles. The van der Waals surface area contributed by atoms with E-state index in [0.717, 1.165) is 23.4 Å². The van der Waals surface area contributed by atoms with E-state index in [4.69, 9.17) is 9.84 Å². The van der Waals surface area contributed by atoms with E-state index in [1.165, 1.54) is 12.1 Å². The van der Waals surface area contributed by atoms with Crippen molar-refractivity contribution in [3.05, 3.63) is 59.7 Å². The maximum Gasteiger partial charge on any atom is 0.335 e. The zero-order valence-electron chi connectivity index (χ0n) is 12.2. The minimum Gasteiger partial charge on any atom is -0.494 e. The molecule has 0 bridgehead atoms. The van der Waals surface area contributed by atoms with Crippen molar-refractivity contribution in [3.63, 3.8) is 0 Å². The molecular formula is C17H17NO4. The van der Waals surface area contributed by atoms with Gasteiger partial charge in [-0.25, -0.2) is 4.79 Å². The molecule has 0 aromatic heterocycles. The predicted molar refractivity (Wildman–Crippen MR) is 83.3 cm³/mol. The van der Waals surface area contributed by atoms with E-state index in [2.05, 4.69) is 0 Å². The Balaban J connectivity index is 2.11. The molecule has 0 aliphatic heterocycles. The van der Waals surface area contributed by atoms with Crippen LogP contribution in [0.1, 0.15) is 22.8 Å². The summed E-state index contributed by atoms with van der Waals surface area (Å²) in [6.45, 7) is 2.87. The zero-order chi connectivity index (χ0) is 15.9. The number of carbonyl (C=O) groups is 2. The van der Waals surface area contributed by atoms with Crippen LogP contribution in [0.4, 0.5) is 5.69 Å². The maximum absolute atomic E-state index is 11.3. The number of amides is 1. The van der Waals surface area contributed by atoms with Crippen LogP contribution < -0.4 is 9.64 Å².